The highest BCUT2D eigenvalue weighted by Crippen LogP contribution is 2.39. The molecule has 0 bridgehead atoms. The maximum Gasteiger partial charge on any atom is 0.0605 e. The van der Waals surface area contributed by atoms with Gasteiger partial charge < -0.3 is 0 Å². The van der Waals surface area contributed by atoms with Crippen LogP contribution in [0.3, 0.4) is 0 Å². The van der Waals surface area contributed by atoms with Crippen molar-refractivity contribution in [3.63, 3.8) is 0 Å². The summed E-state index contributed by atoms with van der Waals surface area (Å²) in [6.45, 7) is 3.31. The van der Waals surface area contributed by atoms with Gasteiger partial charge in [0.25, 0.3) is 0 Å². The van der Waals surface area contributed by atoms with Gasteiger partial charge in [-0.3, -0.25) is 4.99 Å². The van der Waals surface area contributed by atoms with Gasteiger partial charge in [-0.05, 0) is 56.1 Å². The predicted molar refractivity (Wildman–Crippen MR) is 82.7 cm³/mol. The van der Waals surface area contributed by atoms with Crippen LogP contribution in [0.15, 0.2) is 27.8 Å². The van der Waals surface area contributed by atoms with Crippen molar-refractivity contribution in [2.45, 2.75) is 71.1 Å². The van der Waals surface area contributed by atoms with E-state index in [1.165, 1.54) is 69.9 Å². The minimum absolute atomic E-state index is 0.707. The average Bonchev–Trinajstić information content (AvgIpc) is 2.47. The number of fused-ring (bicyclic) bond motifs is 2. The summed E-state index contributed by atoms with van der Waals surface area (Å²) < 4.78 is 0. The molecule has 0 aromatic rings. The van der Waals surface area contributed by atoms with Gasteiger partial charge in [0.2, 0.25) is 0 Å². The van der Waals surface area contributed by atoms with Gasteiger partial charge in [-0.1, -0.05) is 37.8 Å². The molecule has 104 valence electrons. The highest BCUT2D eigenvalue weighted by molar-refractivity contribution is 5.91. The Bertz CT molecular complexity index is 425. The first kappa shape index (κ1) is 13.1. The Labute approximate surface area is 117 Å². The number of rotatable bonds is 4. The fourth-order valence-electron chi connectivity index (χ4n) is 3.88. The van der Waals surface area contributed by atoms with Crippen LogP contribution in [0.2, 0.25) is 0 Å². The molecule has 1 unspecified atom stereocenters. The maximum absolute atomic E-state index is 4.87. The van der Waals surface area contributed by atoms with Crippen molar-refractivity contribution in [3.8, 4) is 0 Å². The first-order valence-electron chi connectivity index (χ1n) is 8.33. The molecule has 3 rings (SSSR count). The average molecular weight is 257 g/mol. The number of dihydropyridines is 1. The normalized spacial score (nSPS) is 26.5. The number of aliphatic imine (C=N–C) groups is 1. The second-order valence-corrected chi connectivity index (χ2v) is 6.42. The second kappa shape index (κ2) is 6.07. The molecule has 2 aliphatic carbocycles. The highest BCUT2D eigenvalue weighted by Gasteiger charge is 2.29. The van der Waals surface area contributed by atoms with Crippen LogP contribution in [-0.2, 0) is 0 Å². The molecule has 0 spiro atoms. The molecule has 19 heavy (non-hydrogen) atoms. The van der Waals surface area contributed by atoms with Crippen LogP contribution in [0.1, 0.15) is 71.1 Å². The van der Waals surface area contributed by atoms with E-state index in [-0.39, 0.29) is 0 Å². The Morgan fingerprint density at radius 3 is 3.00 bits per heavy atom. The zero-order valence-corrected chi connectivity index (χ0v) is 12.4. The summed E-state index contributed by atoms with van der Waals surface area (Å²) in [5.41, 5.74) is 6.60. The summed E-state index contributed by atoms with van der Waals surface area (Å²) in [6, 6.07) is 0. The molecule has 1 saturated carbocycles. The van der Waals surface area contributed by atoms with Crippen molar-refractivity contribution in [3.05, 3.63) is 22.8 Å². The van der Waals surface area contributed by atoms with Gasteiger partial charge >= 0.3 is 0 Å². The molecule has 1 nitrogen and oxygen atoms in total. The lowest BCUT2D eigenvalue weighted by atomic mass is 9.74. The largest absolute Gasteiger partial charge is 0.289 e. The summed E-state index contributed by atoms with van der Waals surface area (Å²) in [5, 5.41) is 0. The Balaban J connectivity index is 1.72. The SMILES string of the molecule is CCCCCC1=CC2=C(CC1)CN=C1CCCCC12. The van der Waals surface area contributed by atoms with E-state index < -0.39 is 0 Å². The highest BCUT2D eigenvalue weighted by atomic mass is 14.8. The number of unbranched alkanes of at least 4 members (excludes halogenated alkanes) is 2. The van der Waals surface area contributed by atoms with E-state index in [1.54, 1.807) is 16.7 Å². The van der Waals surface area contributed by atoms with E-state index in [4.69, 9.17) is 4.99 Å². The minimum Gasteiger partial charge on any atom is -0.289 e. The van der Waals surface area contributed by atoms with Gasteiger partial charge in [0, 0.05) is 11.6 Å². The topological polar surface area (TPSA) is 12.4 Å². The van der Waals surface area contributed by atoms with Crippen molar-refractivity contribution in [1.82, 2.24) is 0 Å². The number of allylic oxidation sites excluding steroid dienone is 3. The van der Waals surface area contributed by atoms with Gasteiger partial charge in [0.1, 0.15) is 0 Å². The number of hydrogen-bond donors (Lipinski definition) is 0. The van der Waals surface area contributed by atoms with Crippen LogP contribution in [0.25, 0.3) is 0 Å². The molecule has 1 heteroatoms. The second-order valence-electron chi connectivity index (χ2n) is 6.42. The van der Waals surface area contributed by atoms with E-state index in [2.05, 4.69) is 13.0 Å². The Hall–Kier alpha value is -0.850. The Morgan fingerprint density at radius 2 is 2.11 bits per heavy atom. The van der Waals surface area contributed by atoms with E-state index >= 15 is 0 Å². The van der Waals surface area contributed by atoms with Crippen molar-refractivity contribution in [2.75, 3.05) is 6.54 Å². The van der Waals surface area contributed by atoms with Crippen LogP contribution >= 0.6 is 0 Å². The lowest BCUT2D eigenvalue weighted by molar-refractivity contribution is 0.560. The van der Waals surface area contributed by atoms with Gasteiger partial charge in [-0.25, -0.2) is 0 Å². The van der Waals surface area contributed by atoms with Crippen molar-refractivity contribution >= 4 is 5.71 Å². The fourth-order valence-corrected chi connectivity index (χ4v) is 3.88. The van der Waals surface area contributed by atoms with Crippen LogP contribution in [0.4, 0.5) is 0 Å². The molecule has 1 heterocycles. The third-order valence-electron chi connectivity index (χ3n) is 5.04. The van der Waals surface area contributed by atoms with E-state index in [9.17, 15) is 0 Å². The summed E-state index contributed by atoms with van der Waals surface area (Å²) >= 11 is 0. The molecular formula is C18H27N. The Morgan fingerprint density at radius 1 is 1.16 bits per heavy atom. The fraction of sp³-hybridized carbons (Fsp3) is 0.722. The van der Waals surface area contributed by atoms with Crippen LogP contribution in [-0.4, -0.2) is 12.3 Å². The summed E-state index contributed by atoms with van der Waals surface area (Å²) in [7, 11) is 0. The van der Waals surface area contributed by atoms with Crippen LogP contribution in [0.5, 0.6) is 0 Å². The van der Waals surface area contributed by atoms with Crippen molar-refractivity contribution in [2.24, 2.45) is 10.9 Å². The first-order chi connectivity index (χ1) is 9.38. The van der Waals surface area contributed by atoms with Gasteiger partial charge in [-0.2, -0.15) is 0 Å². The van der Waals surface area contributed by atoms with E-state index in [0.717, 1.165) is 6.54 Å². The lowest BCUT2D eigenvalue weighted by Gasteiger charge is -2.33. The van der Waals surface area contributed by atoms with E-state index in [1.807, 2.05) is 0 Å². The maximum atomic E-state index is 4.87. The van der Waals surface area contributed by atoms with Crippen LogP contribution in [0, 0.1) is 5.92 Å². The zero-order chi connectivity index (χ0) is 13.1. The first-order valence-corrected chi connectivity index (χ1v) is 8.33. The number of hydrogen-bond acceptors (Lipinski definition) is 1. The quantitative estimate of drug-likeness (QED) is 0.612. The third kappa shape index (κ3) is 2.85. The van der Waals surface area contributed by atoms with Crippen LogP contribution < -0.4 is 0 Å². The molecular weight excluding hydrogens is 230 g/mol. The third-order valence-corrected chi connectivity index (χ3v) is 5.04. The Kier molecular flexibility index (Phi) is 4.20. The molecule has 1 aliphatic heterocycles. The summed E-state index contributed by atoms with van der Waals surface area (Å²) in [4.78, 5) is 4.87. The molecule has 1 fully saturated rings. The molecule has 1 atom stereocenters. The zero-order valence-electron chi connectivity index (χ0n) is 12.4. The van der Waals surface area contributed by atoms with E-state index in [0.29, 0.717) is 5.92 Å². The van der Waals surface area contributed by atoms with Crippen molar-refractivity contribution in [1.29, 1.82) is 0 Å². The van der Waals surface area contributed by atoms with Gasteiger partial charge in [-0.15, -0.1) is 0 Å². The minimum atomic E-state index is 0.707. The lowest BCUT2D eigenvalue weighted by Crippen LogP contribution is -2.27. The molecule has 0 amide bonds. The molecule has 0 radical (unpaired) electrons. The molecule has 0 N–H and O–H groups in total. The smallest absolute Gasteiger partial charge is 0.0605 e. The predicted octanol–water partition coefficient (Wildman–Crippen LogP) is 5.23. The summed E-state index contributed by atoms with van der Waals surface area (Å²) in [6.07, 6.45) is 16.0. The molecule has 3 aliphatic rings. The number of nitrogens with zero attached hydrogens (tertiary/aromatic N) is 1. The molecule has 0 aromatic heterocycles. The molecule has 0 aromatic carbocycles. The van der Waals surface area contributed by atoms with Gasteiger partial charge in [0.05, 0.1) is 6.54 Å². The van der Waals surface area contributed by atoms with Gasteiger partial charge in [0.15, 0.2) is 0 Å². The monoisotopic (exact) mass is 257 g/mol. The standard InChI is InChI=1S/C18H27N/c1-2-3-4-7-14-10-11-15-13-19-18-9-6-5-8-16(18)17(15)12-14/h12,16H,2-11,13H2,1H3. The summed E-state index contributed by atoms with van der Waals surface area (Å²) in [5.74, 6) is 0.707. The molecule has 0 saturated heterocycles. The van der Waals surface area contributed by atoms with Crippen molar-refractivity contribution < 1.29 is 0 Å².